The van der Waals surface area contributed by atoms with Crippen molar-refractivity contribution >= 4 is 0 Å². The lowest BCUT2D eigenvalue weighted by Crippen LogP contribution is -2.58. The summed E-state index contributed by atoms with van der Waals surface area (Å²) in [6.07, 6.45) is 14.0. The van der Waals surface area contributed by atoms with Crippen LogP contribution in [0.25, 0.3) is 0 Å². The van der Waals surface area contributed by atoms with E-state index in [1.165, 1.54) is 38.5 Å². The van der Waals surface area contributed by atoms with Crippen LogP contribution in [-0.4, -0.2) is 17.0 Å². The molecule has 1 aromatic heterocycles. The van der Waals surface area contributed by atoms with Gasteiger partial charge in [-0.1, -0.05) is 13.8 Å². The average Bonchev–Trinajstić information content (AvgIpc) is 2.36. The summed E-state index contributed by atoms with van der Waals surface area (Å²) in [5.74, 6) is 0.920. The van der Waals surface area contributed by atoms with Gasteiger partial charge in [-0.25, -0.2) is 0 Å². The molecule has 3 heteroatoms. The number of hydrogen-bond acceptors (Lipinski definition) is 3. The van der Waals surface area contributed by atoms with E-state index < -0.39 is 0 Å². The second kappa shape index (κ2) is 4.28. The van der Waals surface area contributed by atoms with Gasteiger partial charge in [-0.05, 0) is 67.7 Å². The maximum absolute atomic E-state index is 4.63. The van der Waals surface area contributed by atoms with Gasteiger partial charge in [0.15, 0.2) is 0 Å². The van der Waals surface area contributed by atoms with Gasteiger partial charge in [-0.15, -0.1) is 0 Å². The van der Waals surface area contributed by atoms with E-state index in [1.54, 1.807) is 6.20 Å². The van der Waals surface area contributed by atoms with E-state index in [1.807, 2.05) is 12.4 Å². The van der Waals surface area contributed by atoms with Crippen LogP contribution in [-0.2, 0) is 0 Å². The first kappa shape index (κ1) is 13.7. The topological polar surface area (TPSA) is 37.8 Å². The van der Waals surface area contributed by atoms with E-state index in [0.717, 1.165) is 11.6 Å². The minimum Gasteiger partial charge on any atom is -0.311 e. The second-order valence-corrected chi connectivity index (χ2v) is 8.84. The van der Waals surface area contributed by atoms with Crippen molar-refractivity contribution in [1.82, 2.24) is 15.3 Å². The Bertz CT molecular complexity index is 523. The Morgan fingerprint density at radius 1 is 1.10 bits per heavy atom. The molecule has 1 heterocycles. The lowest BCUT2D eigenvalue weighted by molar-refractivity contribution is -0.158. The highest BCUT2D eigenvalue weighted by atomic mass is 15.0. The molecule has 4 saturated carbocycles. The first-order valence-electron chi connectivity index (χ1n) is 8.39. The summed E-state index contributed by atoms with van der Waals surface area (Å²) < 4.78 is 0. The third-order valence-electron chi connectivity index (χ3n) is 6.45. The summed E-state index contributed by atoms with van der Waals surface area (Å²) in [5.41, 5.74) is 2.61. The summed E-state index contributed by atoms with van der Waals surface area (Å²) in [6, 6.07) is 0.355. The highest BCUT2D eigenvalue weighted by molar-refractivity contribution is 5.18. The molecule has 3 nitrogen and oxygen atoms in total. The van der Waals surface area contributed by atoms with E-state index in [9.17, 15) is 0 Å². The van der Waals surface area contributed by atoms with Crippen LogP contribution in [0.5, 0.6) is 0 Å². The molecule has 0 radical (unpaired) electrons. The first-order chi connectivity index (χ1) is 9.96. The SMILES string of the molecule is CNC(c1cnccn1)C12CC3CC(C)(CC(C)(C3)C1)C2. The molecule has 3 atom stereocenters. The summed E-state index contributed by atoms with van der Waals surface area (Å²) in [4.78, 5) is 8.94. The van der Waals surface area contributed by atoms with Crippen LogP contribution >= 0.6 is 0 Å². The van der Waals surface area contributed by atoms with Gasteiger partial charge >= 0.3 is 0 Å². The van der Waals surface area contributed by atoms with Crippen molar-refractivity contribution in [2.75, 3.05) is 7.05 Å². The largest absolute Gasteiger partial charge is 0.311 e. The molecule has 0 aliphatic heterocycles. The van der Waals surface area contributed by atoms with Gasteiger partial charge in [0, 0.05) is 18.6 Å². The number of rotatable bonds is 3. The van der Waals surface area contributed by atoms with Crippen LogP contribution in [0.4, 0.5) is 0 Å². The fraction of sp³-hybridized carbons (Fsp3) is 0.778. The molecule has 4 fully saturated rings. The fourth-order valence-electron chi connectivity index (χ4n) is 7.09. The quantitative estimate of drug-likeness (QED) is 0.919. The molecule has 21 heavy (non-hydrogen) atoms. The van der Waals surface area contributed by atoms with Crippen LogP contribution in [0.1, 0.15) is 64.1 Å². The molecule has 114 valence electrons. The van der Waals surface area contributed by atoms with Crippen LogP contribution in [0.2, 0.25) is 0 Å². The van der Waals surface area contributed by atoms with E-state index in [-0.39, 0.29) is 0 Å². The highest BCUT2D eigenvalue weighted by Crippen LogP contribution is 2.72. The standard InChI is InChI=1S/C18H27N3/c1-16-6-13-7-17(2,10-16)12-18(8-13,11-16)15(19-3)14-9-20-4-5-21-14/h4-5,9,13,15,19H,6-8,10-12H2,1-3H3. The Balaban J connectivity index is 1.76. The zero-order chi connectivity index (χ0) is 14.7. The minimum absolute atomic E-state index is 0.355. The average molecular weight is 285 g/mol. The lowest BCUT2D eigenvalue weighted by atomic mass is 9.39. The molecular formula is C18H27N3. The molecule has 3 unspecified atom stereocenters. The molecule has 0 amide bonds. The molecule has 1 N–H and O–H groups in total. The third kappa shape index (κ3) is 2.04. The first-order valence-corrected chi connectivity index (χ1v) is 8.39. The van der Waals surface area contributed by atoms with Gasteiger partial charge in [0.1, 0.15) is 0 Å². The number of nitrogens with one attached hydrogen (secondary N) is 1. The molecule has 0 saturated heterocycles. The summed E-state index contributed by atoms with van der Waals surface area (Å²) in [7, 11) is 2.10. The highest BCUT2D eigenvalue weighted by Gasteiger charge is 2.62. The van der Waals surface area contributed by atoms with Gasteiger partial charge in [-0.2, -0.15) is 0 Å². The fourth-order valence-corrected chi connectivity index (χ4v) is 7.09. The molecule has 0 aromatic carbocycles. The maximum Gasteiger partial charge on any atom is 0.0761 e. The minimum atomic E-state index is 0.355. The predicted octanol–water partition coefficient (Wildman–Crippen LogP) is 3.73. The van der Waals surface area contributed by atoms with E-state index in [2.05, 4.69) is 36.2 Å². The van der Waals surface area contributed by atoms with Crippen molar-refractivity contribution in [2.24, 2.45) is 22.2 Å². The molecule has 5 rings (SSSR count). The van der Waals surface area contributed by atoms with Gasteiger partial charge in [0.2, 0.25) is 0 Å². The Morgan fingerprint density at radius 2 is 1.81 bits per heavy atom. The summed E-state index contributed by atoms with van der Waals surface area (Å²) in [5, 5.41) is 3.61. The van der Waals surface area contributed by atoms with Crippen LogP contribution < -0.4 is 5.32 Å². The predicted molar refractivity (Wildman–Crippen MR) is 83.7 cm³/mol. The zero-order valence-electron chi connectivity index (χ0n) is 13.5. The number of aromatic nitrogens is 2. The molecular weight excluding hydrogens is 258 g/mol. The molecule has 1 aromatic rings. The second-order valence-electron chi connectivity index (χ2n) is 8.84. The molecule has 4 bridgehead atoms. The van der Waals surface area contributed by atoms with E-state index in [4.69, 9.17) is 0 Å². The summed E-state index contributed by atoms with van der Waals surface area (Å²) in [6.45, 7) is 5.07. The van der Waals surface area contributed by atoms with Crippen molar-refractivity contribution in [3.63, 3.8) is 0 Å². The Labute approximate surface area is 128 Å². The Morgan fingerprint density at radius 3 is 2.33 bits per heavy atom. The normalized spacial score (nSPS) is 45.8. The number of nitrogens with zero attached hydrogens (tertiary/aromatic N) is 2. The molecule has 4 aliphatic carbocycles. The van der Waals surface area contributed by atoms with Crippen LogP contribution in [0.3, 0.4) is 0 Å². The lowest BCUT2D eigenvalue weighted by Gasteiger charge is -2.67. The van der Waals surface area contributed by atoms with Crippen molar-refractivity contribution in [3.8, 4) is 0 Å². The van der Waals surface area contributed by atoms with Gasteiger partial charge in [-0.3, -0.25) is 9.97 Å². The number of hydrogen-bond donors (Lipinski definition) is 1. The third-order valence-corrected chi connectivity index (χ3v) is 6.45. The van der Waals surface area contributed by atoms with Crippen molar-refractivity contribution < 1.29 is 0 Å². The smallest absolute Gasteiger partial charge is 0.0761 e. The summed E-state index contributed by atoms with van der Waals surface area (Å²) >= 11 is 0. The Kier molecular flexibility index (Phi) is 2.79. The van der Waals surface area contributed by atoms with E-state index >= 15 is 0 Å². The van der Waals surface area contributed by atoms with Crippen molar-refractivity contribution in [3.05, 3.63) is 24.3 Å². The molecule has 0 spiro atoms. The maximum atomic E-state index is 4.63. The Hall–Kier alpha value is -0.960. The van der Waals surface area contributed by atoms with Crippen LogP contribution in [0.15, 0.2) is 18.6 Å². The molecule has 4 aliphatic rings. The van der Waals surface area contributed by atoms with E-state index in [0.29, 0.717) is 22.3 Å². The van der Waals surface area contributed by atoms with Crippen molar-refractivity contribution in [1.29, 1.82) is 0 Å². The van der Waals surface area contributed by atoms with Crippen molar-refractivity contribution in [2.45, 2.75) is 58.4 Å². The monoisotopic (exact) mass is 285 g/mol. The van der Waals surface area contributed by atoms with Gasteiger partial charge < -0.3 is 5.32 Å². The zero-order valence-corrected chi connectivity index (χ0v) is 13.5. The van der Waals surface area contributed by atoms with Crippen LogP contribution in [0, 0.1) is 22.2 Å². The van der Waals surface area contributed by atoms with Gasteiger partial charge in [0.05, 0.1) is 11.7 Å². The van der Waals surface area contributed by atoms with Gasteiger partial charge in [0.25, 0.3) is 0 Å².